The smallest absolute Gasteiger partial charge is 0.0793 e. The highest BCUT2D eigenvalue weighted by Crippen LogP contribution is 2.18. The first-order valence-corrected chi connectivity index (χ1v) is 5.71. The van der Waals surface area contributed by atoms with Crippen molar-refractivity contribution >= 4 is 11.4 Å². The number of nitrogen functional groups attached to an aromatic ring is 1. The monoisotopic (exact) mass is 222 g/mol. The summed E-state index contributed by atoms with van der Waals surface area (Å²) in [5.74, 6) is 0.489. The van der Waals surface area contributed by atoms with Crippen LogP contribution in [-0.2, 0) is 0 Å². The zero-order chi connectivity index (χ0) is 12.2. The topological polar surface area (TPSA) is 58.3 Å². The first-order valence-electron chi connectivity index (χ1n) is 5.71. The van der Waals surface area contributed by atoms with Crippen LogP contribution in [-0.4, -0.2) is 17.3 Å². The molecule has 0 aliphatic heterocycles. The molecule has 1 atom stereocenters. The minimum atomic E-state index is -0.671. The van der Waals surface area contributed by atoms with Gasteiger partial charge in [0.2, 0.25) is 0 Å². The summed E-state index contributed by atoms with van der Waals surface area (Å²) in [6, 6.07) is 7.53. The maximum absolute atomic E-state index is 10.1. The average Bonchev–Trinajstić information content (AvgIpc) is 2.15. The van der Waals surface area contributed by atoms with Gasteiger partial charge in [0.15, 0.2) is 0 Å². The molecule has 4 N–H and O–H groups in total. The number of nitrogens with one attached hydrogen (secondary N) is 1. The Morgan fingerprint density at radius 3 is 2.38 bits per heavy atom. The largest absolute Gasteiger partial charge is 0.399 e. The molecule has 1 aromatic carbocycles. The van der Waals surface area contributed by atoms with E-state index in [1.54, 1.807) is 0 Å². The standard InChI is InChI=1S/C13H22N2O/c1-10(2)8-13(3,16)9-15-12-6-4-11(14)5-7-12/h4-7,10,15-16H,8-9,14H2,1-3H3. The van der Waals surface area contributed by atoms with Crippen molar-refractivity contribution in [2.75, 3.05) is 17.6 Å². The second kappa shape index (κ2) is 5.21. The third-order valence-corrected chi connectivity index (χ3v) is 2.43. The van der Waals surface area contributed by atoms with Crippen LogP contribution in [0.2, 0.25) is 0 Å². The van der Waals surface area contributed by atoms with Crippen molar-refractivity contribution in [3.63, 3.8) is 0 Å². The van der Waals surface area contributed by atoms with Crippen LogP contribution in [0.5, 0.6) is 0 Å². The lowest BCUT2D eigenvalue weighted by Gasteiger charge is -2.26. The van der Waals surface area contributed by atoms with Crippen molar-refractivity contribution in [2.24, 2.45) is 5.92 Å². The van der Waals surface area contributed by atoms with E-state index < -0.39 is 5.60 Å². The van der Waals surface area contributed by atoms with Crippen molar-refractivity contribution in [1.29, 1.82) is 0 Å². The highest BCUT2D eigenvalue weighted by molar-refractivity contribution is 5.51. The molecular weight excluding hydrogens is 200 g/mol. The SMILES string of the molecule is CC(C)CC(C)(O)CNc1ccc(N)cc1. The van der Waals surface area contributed by atoms with Gasteiger partial charge in [-0.25, -0.2) is 0 Å². The fourth-order valence-corrected chi connectivity index (χ4v) is 1.85. The summed E-state index contributed by atoms with van der Waals surface area (Å²) in [7, 11) is 0. The number of hydrogen-bond donors (Lipinski definition) is 3. The van der Waals surface area contributed by atoms with Gasteiger partial charge < -0.3 is 16.2 Å². The Kier molecular flexibility index (Phi) is 4.19. The average molecular weight is 222 g/mol. The zero-order valence-electron chi connectivity index (χ0n) is 10.3. The predicted molar refractivity (Wildman–Crippen MR) is 69.4 cm³/mol. The maximum atomic E-state index is 10.1. The summed E-state index contributed by atoms with van der Waals surface area (Å²) in [5, 5.41) is 13.3. The first kappa shape index (κ1) is 12.8. The number of rotatable bonds is 5. The number of aliphatic hydroxyl groups is 1. The molecule has 0 saturated heterocycles. The van der Waals surface area contributed by atoms with Gasteiger partial charge in [0.05, 0.1) is 5.60 Å². The molecule has 1 aromatic rings. The van der Waals surface area contributed by atoms with Gasteiger partial charge in [-0.2, -0.15) is 0 Å². The Balaban J connectivity index is 2.47. The molecular formula is C13H22N2O. The van der Waals surface area contributed by atoms with E-state index in [0.29, 0.717) is 12.5 Å². The van der Waals surface area contributed by atoms with E-state index in [1.165, 1.54) is 0 Å². The predicted octanol–water partition coefficient (Wildman–Crippen LogP) is 2.48. The van der Waals surface area contributed by atoms with Crippen molar-refractivity contribution in [1.82, 2.24) is 0 Å². The lowest BCUT2D eigenvalue weighted by molar-refractivity contribution is 0.0515. The Morgan fingerprint density at radius 1 is 1.31 bits per heavy atom. The molecule has 3 nitrogen and oxygen atoms in total. The van der Waals surface area contributed by atoms with Crippen LogP contribution in [0.1, 0.15) is 27.2 Å². The third kappa shape index (κ3) is 4.53. The number of benzene rings is 1. The van der Waals surface area contributed by atoms with Crippen LogP contribution >= 0.6 is 0 Å². The summed E-state index contributed by atoms with van der Waals surface area (Å²) in [4.78, 5) is 0. The molecule has 0 bridgehead atoms. The van der Waals surface area contributed by atoms with Crippen molar-refractivity contribution in [2.45, 2.75) is 32.8 Å². The molecule has 3 heteroatoms. The zero-order valence-corrected chi connectivity index (χ0v) is 10.3. The van der Waals surface area contributed by atoms with Crippen molar-refractivity contribution in [3.05, 3.63) is 24.3 Å². The molecule has 0 amide bonds. The maximum Gasteiger partial charge on any atom is 0.0793 e. The van der Waals surface area contributed by atoms with E-state index in [-0.39, 0.29) is 0 Å². The van der Waals surface area contributed by atoms with Gasteiger partial charge >= 0.3 is 0 Å². The minimum Gasteiger partial charge on any atom is -0.399 e. The number of anilines is 2. The molecule has 1 rings (SSSR count). The van der Waals surface area contributed by atoms with Crippen LogP contribution < -0.4 is 11.1 Å². The summed E-state index contributed by atoms with van der Waals surface area (Å²) in [6.07, 6.45) is 0.787. The Bertz CT molecular complexity index is 317. The molecule has 1 unspecified atom stereocenters. The van der Waals surface area contributed by atoms with Gasteiger partial charge in [0, 0.05) is 17.9 Å². The number of hydrogen-bond acceptors (Lipinski definition) is 3. The second-order valence-corrected chi connectivity index (χ2v) is 5.07. The normalized spacial score (nSPS) is 14.8. The third-order valence-electron chi connectivity index (χ3n) is 2.43. The minimum absolute atomic E-state index is 0.489. The van der Waals surface area contributed by atoms with Crippen LogP contribution in [0.15, 0.2) is 24.3 Å². The summed E-state index contributed by atoms with van der Waals surface area (Å²) in [5.41, 5.74) is 6.66. The summed E-state index contributed by atoms with van der Waals surface area (Å²) in [6.45, 7) is 6.63. The van der Waals surface area contributed by atoms with E-state index in [0.717, 1.165) is 17.8 Å². The van der Waals surface area contributed by atoms with E-state index >= 15 is 0 Å². The van der Waals surface area contributed by atoms with Gasteiger partial charge in [0.25, 0.3) is 0 Å². The molecule has 0 aromatic heterocycles. The lowest BCUT2D eigenvalue weighted by atomic mass is 9.94. The summed E-state index contributed by atoms with van der Waals surface area (Å²) < 4.78 is 0. The second-order valence-electron chi connectivity index (χ2n) is 5.07. The van der Waals surface area contributed by atoms with Crippen molar-refractivity contribution in [3.8, 4) is 0 Å². The van der Waals surface area contributed by atoms with Crippen LogP contribution in [0, 0.1) is 5.92 Å². The van der Waals surface area contributed by atoms with E-state index in [9.17, 15) is 5.11 Å². The fourth-order valence-electron chi connectivity index (χ4n) is 1.85. The first-order chi connectivity index (χ1) is 7.39. The highest BCUT2D eigenvalue weighted by atomic mass is 16.3. The molecule has 0 saturated carbocycles. The molecule has 0 aliphatic rings. The molecule has 16 heavy (non-hydrogen) atoms. The van der Waals surface area contributed by atoms with Gasteiger partial charge in [-0.1, -0.05) is 13.8 Å². The lowest BCUT2D eigenvalue weighted by Crippen LogP contribution is -2.34. The van der Waals surface area contributed by atoms with Gasteiger partial charge in [0.1, 0.15) is 0 Å². The van der Waals surface area contributed by atoms with Crippen molar-refractivity contribution < 1.29 is 5.11 Å². The molecule has 0 spiro atoms. The quantitative estimate of drug-likeness (QED) is 0.671. The van der Waals surface area contributed by atoms with Crippen LogP contribution in [0.4, 0.5) is 11.4 Å². The van der Waals surface area contributed by atoms with Crippen LogP contribution in [0.3, 0.4) is 0 Å². The van der Waals surface area contributed by atoms with Gasteiger partial charge in [-0.05, 0) is 43.5 Å². The highest BCUT2D eigenvalue weighted by Gasteiger charge is 2.21. The van der Waals surface area contributed by atoms with E-state index in [4.69, 9.17) is 5.73 Å². The molecule has 0 heterocycles. The fraction of sp³-hybridized carbons (Fsp3) is 0.538. The summed E-state index contributed by atoms with van der Waals surface area (Å²) >= 11 is 0. The molecule has 0 aliphatic carbocycles. The van der Waals surface area contributed by atoms with Gasteiger partial charge in [-0.15, -0.1) is 0 Å². The van der Waals surface area contributed by atoms with E-state index in [1.807, 2.05) is 31.2 Å². The molecule has 0 radical (unpaired) electrons. The Hall–Kier alpha value is -1.22. The Labute approximate surface area is 97.7 Å². The molecule has 0 fully saturated rings. The van der Waals surface area contributed by atoms with Gasteiger partial charge in [-0.3, -0.25) is 0 Å². The Morgan fingerprint density at radius 2 is 1.88 bits per heavy atom. The number of nitrogens with two attached hydrogens (primary N) is 1. The van der Waals surface area contributed by atoms with Crippen LogP contribution in [0.25, 0.3) is 0 Å². The molecule has 90 valence electrons. The van der Waals surface area contributed by atoms with E-state index in [2.05, 4.69) is 19.2 Å².